The molecule has 2 N–H and O–H groups in total. The summed E-state index contributed by atoms with van der Waals surface area (Å²) in [5.74, 6) is 2.06. The highest BCUT2D eigenvalue weighted by Gasteiger charge is 2.22. The summed E-state index contributed by atoms with van der Waals surface area (Å²) in [5, 5.41) is 17.8. The van der Waals surface area contributed by atoms with Crippen LogP contribution in [0, 0.1) is 12.8 Å². The molecule has 4 nitrogen and oxygen atoms in total. The van der Waals surface area contributed by atoms with Crippen molar-refractivity contribution in [3.05, 3.63) is 65.7 Å². The summed E-state index contributed by atoms with van der Waals surface area (Å²) in [6.07, 6.45) is 11.8. The van der Waals surface area contributed by atoms with E-state index in [9.17, 15) is 9.90 Å². The molecule has 0 unspecified atom stereocenters. The molecular formula is C30H42O4. The molecular weight excluding hydrogens is 424 g/mol. The summed E-state index contributed by atoms with van der Waals surface area (Å²) in [6, 6.07) is 14.8. The minimum atomic E-state index is -0.0217. The summed E-state index contributed by atoms with van der Waals surface area (Å²) >= 11 is 0. The van der Waals surface area contributed by atoms with Crippen LogP contribution in [0.25, 0.3) is 11.1 Å². The quantitative estimate of drug-likeness (QED) is 0.213. The molecule has 0 aromatic heterocycles. The van der Waals surface area contributed by atoms with E-state index in [1.54, 1.807) is 6.07 Å². The minimum Gasteiger partial charge on any atom is -0.508 e. The number of phenols is 1. The number of aromatic hydroxyl groups is 1. The van der Waals surface area contributed by atoms with E-state index in [0.717, 1.165) is 17.4 Å². The molecule has 2 aromatic rings. The highest BCUT2D eigenvalue weighted by Crippen LogP contribution is 2.38. The van der Waals surface area contributed by atoms with Crippen LogP contribution in [0.5, 0.6) is 5.75 Å². The summed E-state index contributed by atoms with van der Waals surface area (Å²) in [4.78, 5) is 9.86. The Balaban J connectivity index is 0.000000387. The number of hydrogen-bond acceptors (Lipinski definition) is 4. The fraction of sp³-hybridized carbons (Fsp3) is 0.500. The average molecular weight is 467 g/mol. The normalized spacial score (nSPS) is 17.5. The number of rotatable bonds is 11. The molecule has 0 aliphatic heterocycles. The van der Waals surface area contributed by atoms with Gasteiger partial charge in [0.15, 0.2) is 0 Å². The van der Waals surface area contributed by atoms with Crippen LogP contribution in [-0.4, -0.2) is 36.3 Å². The van der Waals surface area contributed by atoms with Gasteiger partial charge in [0.1, 0.15) is 12.0 Å². The molecule has 3 rings (SSSR count). The molecule has 0 saturated heterocycles. The number of ether oxygens (including phenoxy) is 1. The van der Waals surface area contributed by atoms with Gasteiger partial charge in [-0.15, -0.1) is 0 Å². The first-order chi connectivity index (χ1) is 16.5. The first kappa shape index (κ1) is 27.8. The first-order valence-electron chi connectivity index (χ1n) is 12.7. The monoisotopic (exact) mass is 466 g/mol. The van der Waals surface area contributed by atoms with Crippen LogP contribution in [0.15, 0.2) is 54.6 Å². The summed E-state index contributed by atoms with van der Waals surface area (Å²) < 4.78 is 4.75. The second kappa shape index (κ2) is 15.5. The van der Waals surface area contributed by atoms with Crippen molar-refractivity contribution < 1.29 is 19.7 Å². The molecule has 0 atom stereocenters. The van der Waals surface area contributed by atoms with E-state index in [1.807, 2.05) is 12.1 Å². The summed E-state index contributed by atoms with van der Waals surface area (Å²) in [6.45, 7) is 8.17. The van der Waals surface area contributed by atoms with Crippen LogP contribution < -0.4 is 0 Å². The van der Waals surface area contributed by atoms with Gasteiger partial charge in [0, 0.05) is 5.57 Å². The number of hydrogen-bond donors (Lipinski definition) is 2. The molecule has 0 heterocycles. The zero-order valence-electron chi connectivity index (χ0n) is 21.0. The third-order valence-electron chi connectivity index (χ3n) is 6.66. The number of aryl methyl sites for hydroxylation is 1. The van der Waals surface area contributed by atoms with Crippen LogP contribution >= 0.6 is 0 Å². The van der Waals surface area contributed by atoms with Gasteiger partial charge in [-0.05, 0) is 78.8 Å². The number of aliphatic hydroxyl groups excluding tert-OH is 1. The maximum atomic E-state index is 9.86. The summed E-state index contributed by atoms with van der Waals surface area (Å²) in [5.41, 5.74) is 5.48. The minimum absolute atomic E-state index is 0.0217. The number of unbranched alkanes of at least 4 members (excludes halogenated alkanes) is 2. The molecule has 1 aliphatic carbocycles. The molecule has 0 radical (unpaired) electrons. The largest absolute Gasteiger partial charge is 0.508 e. The van der Waals surface area contributed by atoms with Gasteiger partial charge in [-0.2, -0.15) is 0 Å². The van der Waals surface area contributed by atoms with Crippen molar-refractivity contribution >= 4 is 6.29 Å². The molecule has 0 bridgehead atoms. The molecule has 34 heavy (non-hydrogen) atoms. The maximum absolute atomic E-state index is 9.86. The van der Waals surface area contributed by atoms with E-state index in [0.29, 0.717) is 17.6 Å². The van der Waals surface area contributed by atoms with E-state index >= 15 is 0 Å². The van der Waals surface area contributed by atoms with Gasteiger partial charge < -0.3 is 14.9 Å². The lowest BCUT2D eigenvalue weighted by atomic mass is 9.77. The van der Waals surface area contributed by atoms with Crippen molar-refractivity contribution in [2.75, 3.05) is 19.8 Å². The topological polar surface area (TPSA) is 66.8 Å². The highest BCUT2D eigenvalue weighted by atomic mass is 16.5. The molecule has 1 fully saturated rings. The Morgan fingerprint density at radius 1 is 1.09 bits per heavy atom. The number of carbonyl (C=O) groups excluding carboxylic acids is 1. The Morgan fingerprint density at radius 3 is 2.38 bits per heavy atom. The van der Waals surface area contributed by atoms with Crippen molar-refractivity contribution in [2.45, 2.75) is 71.1 Å². The van der Waals surface area contributed by atoms with Crippen LogP contribution in [0.1, 0.15) is 75.3 Å². The fourth-order valence-corrected chi connectivity index (χ4v) is 4.68. The number of aldehydes is 1. The molecule has 1 aliphatic rings. The van der Waals surface area contributed by atoms with Crippen molar-refractivity contribution in [1.82, 2.24) is 0 Å². The number of benzene rings is 2. The Hall–Kier alpha value is -2.43. The van der Waals surface area contributed by atoms with E-state index in [2.05, 4.69) is 44.7 Å². The summed E-state index contributed by atoms with van der Waals surface area (Å²) in [7, 11) is 0. The van der Waals surface area contributed by atoms with Crippen molar-refractivity contribution in [1.29, 1.82) is 0 Å². The lowest BCUT2D eigenvalue weighted by molar-refractivity contribution is -0.105. The van der Waals surface area contributed by atoms with Gasteiger partial charge in [0.2, 0.25) is 0 Å². The van der Waals surface area contributed by atoms with Crippen LogP contribution in [0.2, 0.25) is 0 Å². The number of phenolic OH excluding ortho intramolecular Hbond substituents is 1. The van der Waals surface area contributed by atoms with Gasteiger partial charge in [-0.25, -0.2) is 0 Å². The lowest BCUT2D eigenvalue weighted by Crippen LogP contribution is -2.13. The second-order valence-corrected chi connectivity index (χ2v) is 9.39. The second-order valence-electron chi connectivity index (χ2n) is 9.39. The first-order valence-corrected chi connectivity index (χ1v) is 12.7. The molecule has 0 spiro atoms. The zero-order valence-corrected chi connectivity index (χ0v) is 21.0. The van der Waals surface area contributed by atoms with Crippen LogP contribution in [0.4, 0.5) is 0 Å². The molecule has 2 aromatic carbocycles. The maximum Gasteiger partial charge on any atom is 0.147 e. The standard InChI is InChI=1S/C24H32O.C6H10O3/c1-3-4-5-6-19-7-9-20(10-8-19)21-11-13-22(14-12-21)24-16-15-23(25)17-18(24)2;1-6(4-8)5-9-3-2-7/h11-17,19-20,25H,3-10H2,1-2H3;4,7H,1-3,5H2. The fourth-order valence-electron chi connectivity index (χ4n) is 4.68. The van der Waals surface area contributed by atoms with Gasteiger partial charge in [0.25, 0.3) is 0 Å². The zero-order chi connectivity index (χ0) is 24.8. The van der Waals surface area contributed by atoms with Crippen molar-refractivity contribution in [3.63, 3.8) is 0 Å². The Labute approximate surface area is 205 Å². The molecule has 4 heteroatoms. The SMILES string of the molecule is C=C(C=O)COCCO.CCCCCC1CCC(c2ccc(-c3ccc(O)cc3C)cc2)CC1. The highest BCUT2D eigenvalue weighted by molar-refractivity contribution is 5.72. The predicted octanol–water partition coefficient (Wildman–Crippen LogP) is 6.97. The molecule has 1 saturated carbocycles. The van der Waals surface area contributed by atoms with Gasteiger partial charge in [-0.1, -0.05) is 69.5 Å². The van der Waals surface area contributed by atoms with Gasteiger partial charge >= 0.3 is 0 Å². The van der Waals surface area contributed by atoms with E-state index in [1.165, 1.54) is 68.1 Å². The lowest BCUT2D eigenvalue weighted by Gasteiger charge is -2.29. The van der Waals surface area contributed by atoms with Gasteiger partial charge in [0.05, 0.1) is 19.8 Å². The van der Waals surface area contributed by atoms with E-state index < -0.39 is 0 Å². The predicted molar refractivity (Wildman–Crippen MR) is 140 cm³/mol. The van der Waals surface area contributed by atoms with Crippen LogP contribution in [-0.2, 0) is 9.53 Å². The van der Waals surface area contributed by atoms with Gasteiger partial charge in [-0.3, -0.25) is 4.79 Å². The van der Waals surface area contributed by atoms with Crippen molar-refractivity contribution in [3.8, 4) is 16.9 Å². The third kappa shape index (κ3) is 9.44. The van der Waals surface area contributed by atoms with E-state index in [-0.39, 0.29) is 19.8 Å². The third-order valence-corrected chi connectivity index (χ3v) is 6.66. The van der Waals surface area contributed by atoms with Crippen molar-refractivity contribution in [2.24, 2.45) is 5.92 Å². The number of carbonyl (C=O) groups is 1. The Bertz CT molecular complexity index is 864. The average Bonchev–Trinajstić information content (AvgIpc) is 2.85. The molecule has 0 amide bonds. The number of aliphatic hydroxyl groups is 1. The molecule has 186 valence electrons. The smallest absolute Gasteiger partial charge is 0.147 e. The Morgan fingerprint density at radius 2 is 1.79 bits per heavy atom. The Kier molecular flexibility index (Phi) is 12.7. The van der Waals surface area contributed by atoms with Crippen LogP contribution in [0.3, 0.4) is 0 Å². The van der Waals surface area contributed by atoms with E-state index in [4.69, 9.17) is 9.84 Å².